The summed E-state index contributed by atoms with van der Waals surface area (Å²) >= 11 is 0. The quantitative estimate of drug-likeness (QED) is 0.558. The number of carboxylic acids is 1. The summed E-state index contributed by atoms with van der Waals surface area (Å²) in [5, 5.41) is 9.39. The second-order valence-corrected chi connectivity index (χ2v) is 10.8. The summed E-state index contributed by atoms with van der Waals surface area (Å²) in [7, 11) is 0. The number of carboxylic acid groups (broad SMARTS) is 1. The molecule has 2 fully saturated rings. The highest BCUT2D eigenvalue weighted by Crippen LogP contribution is 2.44. The average molecular weight is 516 g/mol. The normalized spacial score (nSPS) is 18.7. The van der Waals surface area contributed by atoms with Gasteiger partial charge in [-0.05, 0) is 46.6 Å². The number of anilines is 1. The molecule has 198 valence electrons. The fourth-order valence-corrected chi connectivity index (χ4v) is 4.80. The van der Waals surface area contributed by atoms with Gasteiger partial charge in [-0.1, -0.05) is 0 Å². The molecule has 2 aliphatic heterocycles. The van der Waals surface area contributed by atoms with Gasteiger partial charge in [0.15, 0.2) is 11.6 Å². The zero-order chi connectivity index (χ0) is 26.7. The SMILES string of the molecule is CCONC1=CN(c2nc3c(cc2F)c(=O)c(C(=O)O)cn3C2CC2)CC12CN(C(=O)OC(C)(C)C)C2. The Morgan fingerprint density at radius 3 is 2.57 bits per heavy atom. The van der Waals surface area contributed by atoms with Crippen LogP contribution in [0.2, 0.25) is 0 Å². The van der Waals surface area contributed by atoms with Crippen molar-refractivity contribution >= 4 is 28.9 Å². The van der Waals surface area contributed by atoms with Crippen molar-refractivity contribution in [1.82, 2.24) is 19.9 Å². The number of nitrogens with one attached hydrogen (secondary N) is 1. The third kappa shape index (κ3) is 4.50. The predicted molar refractivity (Wildman–Crippen MR) is 132 cm³/mol. The summed E-state index contributed by atoms with van der Waals surface area (Å²) in [6, 6.07) is 1.07. The first kappa shape index (κ1) is 25.0. The lowest BCUT2D eigenvalue weighted by Gasteiger charge is -2.49. The summed E-state index contributed by atoms with van der Waals surface area (Å²) in [4.78, 5) is 50.1. The number of fused-ring (bicyclic) bond motifs is 1. The highest BCUT2D eigenvalue weighted by Gasteiger charge is 2.53. The Hall–Kier alpha value is -3.67. The molecule has 37 heavy (non-hydrogen) atoms. The maximum atomic E-state index is 15.4. The maximum Gasteiger partial charge on any atom is 0.410 e. The van der Waals surface area contributed by atoms with Gasteiger partial charge < -0.3 is 24.2 Å². The van der Waals surface area contributed by atoms with Gasteiger partial charge in [-0.25, -0.2) is 19.0 Å². The number of pyridine rings is 2. The second-order valence-electron chi connectivity index (χ2n) is 10.8. The van der Waals surface area contributed by atoms with Gasteiger partial charge in [0.2, 0.25) is 5.43 Å². The van der Waals surface area contributed by atoms with Gasteiger partial charge in [0.1, 0.15) is 16.8 Å². The zero-order valence-corrected chi connectivity index (χ0v) is 21.2. The van der Waals surface area contributed by atoms with Gasteiger partial charge >= 0.3 is 12.1 Å². The van der Waals surface area contributed by atoms with Crippen LogP contribution in [0.1, 0.15) is 56.9 Å². The first-order valence-electron chi connectivity index (χ1n) is 12.3. The summed E-state index contributed by atoms with van der Waals surface area (Å²) in [5.41, 5.74) is 1.50. The van der Waals surface area contributed by atoms with Crippen molar-refractivity contribution < 1.29 is 28.7 Å². The molecule has 2 aromatic heterocycles. The van der Waals surface area contributed by atoms with E-state index < -0.39 is 39.9 Å². The number of ether oxygens (including phenoxy) is 1. The number of halogens is 1. The van der Waals surface area contributed by atoms with Gasteiger partial charge in [-0.3, -0.25) is 15.1 Å². The molecule has 1 saturated heterocycles. The van der Waals surface area contributed by atoms with E-state index in [4.69, 9.17) is 9.57 Å². The Labute approximate surface area is 212 Å². The number of carbonyl (C=O) groups excluding carboxylic acids is 1. The number of hydrogen-bond donors (Lipinski definition) is 2. The molecule has 1 spiro atoms. The highest BCUT2D eigenvalue weighted by atomic mass is 19.1. The first-order valence-corrected chi connectivity index (χ1v) is 12.3. The molecule has 11 nitrogen and oxygen atoms in total. The molecule has 1 aliphatic carbocycles. The van der Waals surface area contributed by atoms with Crippen molar-refractivity contribution in [3.05, 3.63) is 45.8 Å². The van der Waals surface area contributed by atoms with Crippen LogP contribution in [0.25, 0.3) is 11.0 Å². The van der Waals surface area contributed by atoms with E-state index in [1.54, 1.807) is 41.3 Å². The minimum atomic E-state index is -1.36. The van der Waals surface area contributed by atoms with Crippen LogP contribution in [0.3, 0.4) is 0 Å². The molecule has 2 N–H and O–H groups in total. The Kier molecular flexibility index (Phi) is 5.89. The van der Waals surface area contributed by atoms with Crippen LogP contribution in [0, 0.1) is 11.2 Å². The molecule has 1 amide bonds. The minimum Gasteiger partial charge on any atom is -0.477 e. The Balaban J connectivity index is 1.49. The Bertz CT molecular complexity index is 1370. The topological polar surface area (TPSA) is 126 Å². The van der Waals surface area contributed by atoms with Crippen molar-refractivity contribution in [3.8, 4) is 0 Å². The fraction of sp³-hybridized carbons (Fsp3) is 0.520. The van der Waals surface area contributed by atoms with Crippen LogP contribution < -0.4 is 15.8 Å². The average Bonchev–Trinajstić information content (AvgIpc) is 3.55. The van der Waals surface area contributed by atoms with Crippen LogP contribution in [0.15, 0.2) is 29.0 Å². The minimum absolute atomic E-state index is 0.00719. The molecule has 2 aromatic rings. The molecule has 3 aliphatic rings. The van der Waals surface area contributed by atoms with E-state index in [0.29, 0.717) is 31.9 Å². The van der Waals surface area contributed by atoms with Gasteiger partial charge in [0.25, 0.3) is 0 Å². The molecule has 1 saturated carbocycles. The van der Waals surface area contributed by atoms with Gasteiger partial charge in [0.05, 0.1) is 23.1 Å². The van der Waals surface area contributed by atoms with Gasteiger partial charge in [-0.15, -0.1) is 0 Å². The number of aromatic carboxylic acids is 1. The monoisotopic (exact) mass is 515 g/mol. The van der Waals surface area contributed by atoms with Crippen LogP contribution in [-0.4, -0.2) is 63.5 Å². The lowest BCUT2D eigenvalue weighted by molar-refractivity contribution is -0.0299. The molecular weight excluding hydrogens is 485 g/mol. The Morgan fingerprint density at radius 1 is 1.27 bits per heavy atom. The third-order valence-corrected chi connectivity index (χ3v) is 6.68. The molecule has 0 radical (unpaired) electrons. The molecule has 0 atom stereocenters. The number of amides is 1. The van der Waals surface area contributed by atoms with E-state index in [1.165, 1.54) is 6.20 Å². The first-order chi connectivity index (χ1) is 17.4. The standard InChI is InChI=1S/C25H30FN5O6/c1-5-36-28-18-10-29(11-25(18)12-30(13-25)23(35)37-24(2,3)4)21-17(26)8-15-19(32)16(22(33)34)9-31(14-6-7-14)20(15)27-21/h8-10,14,28H,5-7,11-13H2,1-4H3,(H,33,34). The van der Waals surface area contributed by atoms with Crippen molar-refractivity contribution in [2.75, 3.05) is 31.1 Å². The fourth-order valence-electron chi connectivity index (χ4n) is 4.80. The molecule has 12 heteroatoms. The zero-order valence-electron chi connectivity index (χ0n) is 21.2. The number of rotatable bonds is 6. The molecule has 0 unspecified atom stereocenters. The number of hydrogen-bond acceptors (Lipinski definition) is 8. The number of likely N-dealkylation sites (tertiary alicyclic amines) is 1. The molecular formula is C25H30FN5O6. The van der Waals surface area contributed by atoms with Gasteiger partial charge in [0, 0.05) is 38.1 Å². The highest BCUT2D eigenvalue weighted by molar-refractivity contribution is 5.92. The summed E-state index contributed by atoms with van der Waals surface area (Å²) in [6.45, 7) is 8.62. The molecule has 5 rings (SSSR count). The van der Waals surface area contributed by atoms with Crippen molar-refractivity contribution in [3.63, 3.8) is 0 Å². The van der Waals surface area contributed by atoms with E-state index in [1.807, 2.05) is 6.92 Å². The van der Waals surface area contributed by atoms with E-state index in [9.17, 15) is 19.5 Å². The number of nitrogens with zero attached hydrogens (tertiary/aromatic N) is 4. The van der Waals surface area contributed by atoms with E-state index in [0.717, 1.165) is 18.9 Å². The largest absolute Gasteiger partial charge is 0.477 e. The molecule has 0 bridgehead atoms. The lowest BCUT2D eigenvalue weighted by atomic mass is 9.78. The molecule has 4 heterocycles. The van der Waals surface area contributed by atoms with Gasteiger partial charge in [-0.2, -0.15) is 0 Å². The van der Waals surface area contributed by atoms with Crippen molar-refractivity contribution in [2.24, 2.45) is 5.41 Å². The van der Waals surface area contributed by atoms with E-state index >= 15 is 4.39 Å². The van der Waals surface area contributed by atoms with Crippen LogP contribution in [-0.2, 0) is 9.57 Å². The summed E-state index contributed by atoms with van der Waals surface area (Å²) in [5.74, 6) is -2.10. The van der Waals surface area contributed by atoms with Crippen molar-refractivity contribution in [1.29, 1.82) is 0 Å². The molecule has 0 aromatic carbocycles. The van der Waals surface area contributed by atoms with Crippen molar-refractivity contribution in [2.45, 2.75) is 52.2 Å². The number of hydroxylamine groups is 1. The lowest BCUT2D eigenvalue weighted by Crippen LogP contribution is -2.63. The maximum absolute atomic E-state index is 15.4. The number of carbonyl (C=O) groups is 2. The van der Waals surface area contributed by atoms with E-state index in [-0.39, 0.29) is 22.9 Å². The van der Waals surface area contributed by atoms with Crippen LogP contribution in [0.4, 0.5) is 15.0 Å². The van der Waals surface area contributed by atoms with Crippen LogP contribution >= 0.6 is 0 Å². The third-order valence-electron chi connectivity index (χ3n) is 6.68. The Morgan fingerprint density at radius 2 is 1.97 bits per heavy atom. The summed E-state index contributed by atoms with van der Waals surface area (Å²) < 4.78 is 22.5. The second kappa shape index (κ2) is 8.72. The predicted octanol–water partition coefficient (Wildman–Crippen LogP) is 3.01. The number of aromatic nitrogens is 2. The smallest absolute Gasteiger partial charge is 0.410 e. The van der Waals surface area contributed by atoms with Crippen LogP contribution in [0.5, 0.6) is 0 Å². The summed E-state index contributed by atoms with van der Waals surface area (Å²) in [6.07, 6.45) is 4.21. The van der Waals surface area contributed by atoms with E-state index in [2.05, 4.69) is 10.5 Å².